The standard InChI is InChI=1S/C14H16N2O2S/c1-9(7-11-3-2-6-19-11)15-14(17)12-8-13(18-16-12)10-4-5-10/h2-3,6,8-10H,4-5,7H2,1H3,(H,15,17)/t9-/m0/s1. The topological polar surface area (TPSA) is 55.1 Å². The smallest absolute Gasteiger partial charge is 0.273 e. The first kappa shape index (κ1) is 12.4. The largest absolute Gasteiger partial charge is 0.360 e. The van der Waals surface area contributed by atoms with E-state index in [9.17, 15) is 4.79 Å². The normalized spacial score (nSPS) is 16.3. The Bertz CT molecular complexity index is 558. The predicted octanol–water partition coefficient (Wildman–Crippen LogP) is 2.97. The van der Waals surface area contributed by atoms with Gasteiger partial charge in [0, 0.05) is 29.3 Å². The number of amides is 1. The highest BCUT2D eigenvalue weighted by Crippen LogP contribution is 2.40. The molecular formula is C14H16N2O2S. The molecule has 1 fully saturated rings. The molecular weight excluding hydrogens is 260 g/mol. The summed E-state index contributed by atoms with van der Waals surface area (Å²) in [5, 5.41) is 8.84. The number of hydrogen-bond acceptors (Lipinski definition) is 4. The third-order valence-electron chi connectivity index (χ3n) is 3.21. The Morgan fingerprint density at radius 1 is 1.63 bits per heavy atom. The molecule has 0 radical (unpaired) electrons. The van der Waals surface area contributed by atoms with Gasteiger partial charge in [-0.25, -0.2) is 0 Å². The van der Waals surface area contributed by atoms with Crippen LogP contribution in [-0.4, -0.2) is 17.1 Å². The first-order valence-corrected chi connectivity index (χ1v) is 7.40. The Hall–Kier alpha value is -1.62. The van der Waals surface area contributed by atoms with Crippen molar-refractivity contribution in [2.75, 3.05) is 0 Å². The fourth-order valence-electron chi connectivity index (χ4n) is 2.04. The lowest BCUT2D eigenvalue weighted by molar-refractivity contribution is 0.0931. The number of nitrogens with one attached hydrogen (secondary N) is 1. The minimum absolute atomic E-state index is 0.0900. The van der Waals surface area contributed by atoms with E-state index in [-0.39, 0.29) is 11.9 Å². The molecule has 2 aromatic heterocycles. The minimum atomic E-state index is -0.153. The van der Waals surface area contributed by atoms with Crippen LogP contribution in [0.2, 0.25) is 0 Å². The highest BCUT2D eigenvalue weighted by Gasteiger charge is 2.29. The van der Waals surface area contributed by atoms with Crippen molar-refractivity contribution >= 4 is 17.2 Å². The maximum absolute atomic E-state index is 12.0. The average Bonchev–Trinajstić information content (AvgIpc) is 2.91. The zero-order valence-corrected chi connectivity index (χ0v) is 11.6. The second-order valence-corrected chi connectivity index (χ2v) is 6.08. The van der Waals surface area contributed by atoms with Gasteiger partial charge in [0.1, 0.15) is 5.76 Å². The van der Waals surface area contributed by atoms with Gasteiger partial charge < -0.3 is 9.84 Å². The molecule has 0 aromatic carbocycles. The minimum Gasteiger partial charge on any atom is -0.360 e. The molecule has 1 saturated carbocycles. The van der Waals surface area contributed by atoms with E-state index in [4.69, 9.17) is 4.52 Å². The van der Waals surface area contributed by atoms with Crippen molar-refractivity contribution in [3.63, 3.8) is 0 Å². The molecule has 1 aliphatic rings. The first-order chi connectivity index (χ1) is 9.22. The van der Waals surface area contributed by atoms with Crippen LogP contribution in [0.25, 0.3) is 0 Å². The highest BCUT2D eigenvalue weighted by atomic mass is 32.1. The van der Waals surface area contributed by atoms with Crippen molar-refractivity contribution in [3.8, 4) is 0 Å². The molecule has 1 N–H and O–H groups in total. The summed E-state index contributed by atoms with van der Waals surface area (Å²) < 4.78 is 5.19. The Morgan fingerprint density at radius 2 is 2.47 bits per heavy atom. The summed E-state index contributed by atoms with van der Waals surface area (Å²) in [6.07, 6.45) is 3.13. The number of carbonyl (C=O) groups excluding carboxylic acids is 1. The lowest BCUT2D eigenvalue weighted by Gasteiger charge is -2.11. The van der Waals surface area contributed by atoms with Crippen LogP contribution < -0.4 is 5.32 Å². The monoisotopic (exact) mass is 276 g/mol. The van der Waals surface area contributed by atoms with Crippen LogP contribution in [0.4, 0.5) is 0 Å². The van der Waals surface area contributed by atoms with Gasteiger partial charge in [0.05, 0.1) is 0 Å². The Labute approximate surface area is 115 Å². The van der Waals surface area contributed by atoms with Crippen molar-refractivity contribution in [2.24, 2.45) is 0 Å². The summed E-state index contributed by atoms with van der Waals surface area (Å²) in [5.74, 6) is 1.17. The van der Waals surface area contributed by atoms with Crippen LogP contribution in [0.1, 0.15) is 46.8 Å². The van der Waals surface area contributed by atoms with Crippen LogP contribution in [0, 0.1) is 0 Å². The number of hydrogen-bond donors (Lipinski definition) is 1. The number of aromatic nitrogens is 1. The second kappa shape index (κ2) is 5.17. The van der Waals surface area contributed by atoms with Crippen molar-refractivity contribution in [1.29, 1.82) is 0 Å². The van der Waals surface area contributed by atoms with Gasteiger partial charge in [-0.1, -0.05) is 11.2 Å². The summed E-state index contributed by atoms with van der Waals surface area (Å²) in [5.41, 5.74) is 0.389. The summed E-state index contributed by atoms with van der Waals surface area (Å²) in [7, 11) is 0. The molecule has 100 valence electrons. The lowest BCUT2D eigenvalue weighted by Crippen LogP contribution is -2.34. The van der Waals surface area contributed by atoms with Crippen LogP contribution in [0.15, 0.2) is 28.1 Å². The molecule has 0 bridgehead atoms. The maximum Gasteiger partial charge on any atom is 0.273 e. The second-order valence-electron chi connectivity index (χ2n) is 5.05. The number of nitrogens with zero attached hydrogens (tertiary/aromatic N) is 1. The summed E-state index contributed by atoms with van der Waals surface area (Å²) in [6.45, 7) is 2.00. The third-order valence-corrected chi connectivity index (χ3v) is 4.10. The van der Waals surface area contributed by atoms with Crippen molar-refractivity contribution in [3.05, 3.63) is 39.9 Å². The Kier molecular flexibility index (Phi) is 3.38. The van der Waals surface area contributed by atoms with Crippen molar-refractivity contribution < 1.29 is 9.32 Å². The van der Waals surface area contributed by atoms with E-state index < -0.39 is 0 Å². The van der Waals surface area contributed by atoms with Gasteiger partial charge in [0.15, 0.2) is 5.69 Å². The van der Waals surface area contributed by atoms with E-state index in [1.54, 1.807) is 17.4 Å². The summed E-state index contributed by atoms with van der Waals surface area (Å²) >= 11 is 1.70. The molecule has 19 heavy (non-hydrogen) atoms. The summed E-state index contributed by atoms with van der Waals surface area (Å²) in [6, 6.07) is 5.96. The lowest BCUT2D eigenvalue weighted by atomic mass is 10.2. The van der Waals surface area contributed by atoms with Crippen LogP contribution in [0.5, 0.6) is 0 Å². The third kappa shape index (κ3) is 3.04. The molecule has 1 atom stereocenters. The molecule has 1 amide bonds. The maximum atomic E-state index is 12.0. The van der Waals surface area contributed by atoms with E-state index in [2.05, 4.69) is 16.5 Å². The zero-order chi connectivity index (χ0) is 13.2. The molecule has 3 rings (SSSR count). The van der Waals surface area contributed by atoms with Gasteiger partial charge in [-0.15, -0.1) is 11.3 Å². The molecule has 0 saturated heterocycles. The van der Waals surface area contributed by atoms with Crippen LogP contribution >= 0.6 is 11.3 Å². The van der Waals surface area contributed by atoms with Crippen molar-refractivity contribution in [1.82, 2.24) is 10.5 Å². The van der Waals surface area contributed by atoms with E-state index in [1.807, 2.05) is 18.4 Å². The van der Waals surface area contributed by atoms with Gasteiger partial charge >= 0.3 is 0 Å². The highest BCUT2D eigenvalue weighted by molar-refractivity contribution is 7.09. The van der Waals surface area contributed by atoms with E-state index in [1.165, 1.54) is 4.88 Å². The molecule has 2 heterocycles. The fourth-order valence-corrected chi connectivity index (χ4v) is 2.87. The molecule has 0 spiro atoms. The van der Waals surface area contributed by atoms with E-state index in [0.717, 1.165) is 25.0 Å². The van der Waals surface area contributed by atoms with Crippen molar-refractivity contribution in [2.45, 2.75) is 38.1 Å². The fraction of sp³-hybridized carbons (Fsp3) is 0.429. The van der Waals surface area contributed by atoms with Gasteiger partial charge in [-0.3, -0.25) is 4.79 Å². The van der Waals surface area contributed by atoms with E-state index >= 15 is 0 Å². The van der Waals surface area contributed by atoms with Gasteiger partial charge in [-0.05, 0) is 31.2 Å². The molecule has 2 aromatic rings. The predicted molar refractivity (Wildman–Crippen MR) is 73.4 cm³/mol. The number of thiophene rings is 1. The van der Waals surface area contributed by atoms with Crippen LogP contribution in [0.3, 0.4) is 0 Å². The number of rotatable bonds is 5. The van der Waals surface area contributed by atoms with Gasteiger partial charge in [0.2, 0.25) is 0 Å². The zero-order valence-electron chi connectivity index (χ0n) is 10.8. The average molecular weight is 276 g/mol. The Balaban J connectivity index is 1.57. The van der Waals surface area contributed by atoms with Gasteiger partial charge in [-0.2, -0.15) is 0 Å². The molecule has 4 nitrogen and oxygen atoms in total. The van der Waals surface area contributed by atoms with Crippen LogP contribution in [-0.2, 0) is 6.42 Å². The van der Waals surface area contributed by atoms with Gasteiger partial charge in [0.25, 0.3) is 5.91 Å². The quantitative estimate of drug-likeness (QED) is 0.913. The first-order valence-electron chi connectivity index (χ1n) is 6.52. The summed E-state index contributed by atoms with van der Waals surface area (Å²) in [4.78, 5) is 13.3. The van der Waals surface area contributed by atoms with E-state index in [0.29, 0.717) is 11.6 Å². The number of carbonyl (C=O) groups is 1. The Morgan fingerprint density at radius 3 is 3.16 bits per heavy atom. The molecule has 1 aliphatic carbocycles. The molecule has 5 heteroatoms. The molecule has 0 unspecified atom stereocenters. The SMILES string of the molecule is C[C@@H](Cc1cccs1)NC(=O)c1cc(C2CC2)on1. The molecule has 0 aliphatic heterocycles.